The zero-order chi connectivity index (χ0) is 7.98. The Bertz CT molecular complexity index is 106. The van der Waals surface area contributed by atoms with Crippen molar-refractivity contribution in [2.45, 2.75) is 6.10 Å². The summed E-state index contributed by atoms with van der Waals surface area (Å²) in [5.74, 6) is -0.562. The first-order chi connectivity index (χ1) is 4.70. The van der Waals surface area contributed by atoms with Gasteiger partial charge in [-0.3, -0.25) is 4.79 Å². The Labute approximate surface area is 58.3 Å². The maximum Gasteiger partial charge on any atom is 0.245 e. The first-order valence-corrected chi connectivity index (χ1v) is 2.87. The van der Waals surface area contributed by atoms with E-state index in [1.165, 1.54) is 0 Å². The predicted octanol–water partition coefficient (Wildman–Crippen LogP) is -2.55. The van der Waals surface area contributed by atoms with E-state index in [-0.39, 0.29) is 6.54 Å². The first-order valence-electron chi connectivity index (χ1n) is 2.87. The lowest BCUT2D eigenvalue weighted by Crippen LogP contribution is -2.35. The first kappa shape index (κ1) is 9.35. The van der Waals surface area contributed by atoms with Crippen LogP contribution in [-0.2, 0) is 4.79 Å². The molecule has 0 aromatic carbocycles. The minimum absolute atomic E-state index is 0.0319. The molecule has 0 fully saturated rings. The van der Waals surface area contributed by atoms with E-state index in [2.05, 4.69) is 5.32 Å². The van der Waals surface area contributed by atoms with Crippen molar-refractivity contribution in [2.75, 3.05) is 19.8 Å². The molecule has 0 aliphatic heterocycles. The summed E-state index contributed by atoms with van der Waals surface area (Å²) in [6, 6.07) is 0. The second-order valence-corrected chi connectivity index (χ2v) is 1.80. The van der Waals surface area contributed by atoms with E-state index in [0.717, 1.165) is 0 Å². The minimum atomic E-state index is -0.949. The third kappa shape index (κ3) is 4.25. The third-order valence-electron chi connectivity index (χ3n) is 0.889. The summed E-state index contributed by atoms with van der Waals surface area (Å²) in [5, 5.41) is 27.3. The second-order valence-electron chi connectivity index (χ2n) is 1.80. The maximum atomic E-state index is 10.3. The summed E-state index contributed by atoms with van der Waals surface area (Å²) < 4.78 is 0. The molecule has 0 saturated carbocycles. The van der Waals surface area contributed by atoms with Gasteiger partial charge in [0.25, 0.3) is 0 Å². The van der Waals surface area contributed by atoms with Crippen molar-refractivity contribution in [3.05, 3.63) is 0 Å². The smallest absolute Gasteiger partial charge is 0.245 e. The molecule has 0 heterocycles. The number of aliphatic hydroxyl groups is 3. The fraction of sp³-hybridized carbons (Fsp3) is 0.800. The lowest BCUT2D eigenvalue weighted by Gasteiger charge is -2.06. The highest BCUT2D eigenvalue weighted by molar-refractivity contribution is 5.76. The maximum absolute atomic E-state index is 10.3. The van der Waals surface area contributed by atoms with Crippen LogP contribution < -0.4 is 5.32 Å². The molecule has 60 valence electrons. The number of nitrogens with one attached hydrogen (secondary N) is 1. The zero-order valence-electron chi connectivity index (χ0n) is 5.45. The number of rotatable bonds is 4. The lowest BCUT2D eigenvalue weighted by atomic mass is 10.4. The van der Waals surface area contributed by atoms with E-state index in [4.69, 9.17) is 15.3 Å². The standard InChI is InChI=1S/C5H11NO4/c7-2-4(9)1-6-5(10)3-8/h4,7-9H,1-3H2,(H,6,10)/t4-/m0/s1. The summed E-state index contributed by atoms with van der Waals surface area (Å²) in [5.41, 5.74) is 0. The molecule has 0 saturated heterocycles. The number of carbonyl (C=O) groups excluding carboxylic acids is 1. The van der Waals surface area contributed by atoms with Crippen molar-refractivity contribution in [1.82, 2.24) is 5.32 Å². The van der Waals surface area contributed by atoms with Gasteiger partial charge in [-0.05, 0) is 0 Å². The van der Waals surface area contributed by atoms with Gasteiger partial charge in [-0.15, -0.1) is 0 Å². The van der Waals surface area contributed by atoms with Crippen LogP contribution >= 0.6 is 0 Å². The van der Waals surface area contributed by atoms with Crippen LogP contribution in [0.25, 0.3) is 0 Å². The van der Waals surface area contributed by atoms with Crippen molar-refractivity contribution < 1.29 is 20.1 Å². The molecule has 0 spiro atoms. The fourth-order valence-corrected chi connectivity index (χ4v) is 0.352. The Balaban J connectivity index is 3.26. The van der Waals surface area contributed by atoms with E-state index in [1.54, 1.807) is 0 Å². The predicted molar refractivity (Wildman–Crippen MR) is 33.2 cm³/mol. The van der Waals surface area contributed by atoms with Crippen LogP contribution in [0.5, 0.6) is 0 Å². The monoisotopic (exact) mass is 149 g/mol. The molecule has 1 atom stereocenters. The van der Waals surface area contributed by atoms with Crippen LogP contribution in [0.1, 0.15) is 0 Å². The van der Waals surface area contributed by atoms with E-state index in [0.29, 0.717) is 0 Å². The molecule has 0 unspecified atom stereocenters. The topological polar surface area (TPSA) is 89.8 Å². The number of amides is 1. The van der Waals surface area contributed by atoms with E-state index in [1.807, 2.05) is 0 Å². The molecule has 5 nitrogen and oxygen atoms in total. The Kier molecular flexibility index (Phi) is 4.82. The Hall–Kier alpha value is -0.650. The van der Waals surface area contributed by atoms with Crippen LogP contribution in [0.4, 0.5) is 0 Å². The average molecular weight is 149 g/mol. The van der Waals surface area contributed by atoms with Gasteiger partial charge in [0, 0.05) is 6.54 Å². The van der Waals surface area contributed by atoms with Crippen molar-refractivity contribution in [1.29, 1.82) is 0 Å². The second kappa shape index (κ2) is 5.16. The molecule has 0 aromatic heterocycles. The van der Waals surface area contributed by atoms with Crippen molar-refractivity contribution in [2.24, 2.45) is 0 Å². The molecule has 1 amide bonds. The molecule has 0 bridgehead atoms. The van der Waals surface area contributed by atoms with Crippen LogP contribution in [0, 0.1) is 0 Å². The SMILES string of the molecule is O=C(CO)NC[C@H](O)CO. The molecule has 0 aliphatic rings. The molecular formula is C5H11NO4. The normalized spacial score (nSPS) is 12.7. The molecule has 0 radical (unpaired) electrons. The highest BCUT2D eigenvalue weighted by Gasteiger charge is 2.02. The summed E-state index contributed by atoms with van der Waals surface area (Å²) in [6.07, 6.45) is -0.949. The highest BCUT2D eigenvalue weighted by Crippen LogP contribution is 1.75. The zero-order valence-corrected chi connectivity index (χ0v) is 5.45. The van der Waals surface area contributed by atoms with Crippen LogP contribution in [0.15, 0.2) is 0 Å². The number of hydrogen-bond donors (Lipinski definition) is 4. The van der Waals surface area contributed by atoms with E-state index in [9.17, 15) is 4.79 Å². The molecule has 0 aromatic rings. The molecule has 4 N–H and O–H groups in total. The van der Waals surface area contributed by atoms with Gasteiger partial charge in [0.1, 0.15) is 6.61 Å². The molecule has 0 aliphatic carbocycles. The van der Waals surface area contributed by atoms with Gasteiger partial charge in [0.15, 0.2) is 0 Å². The molecule has 10 heavy (non-hydrogen) atoms. The summed E-state index contributed by atoms with van der Waals surface area (Å²) >= 11 is 0. The Morgan fingerprint density at radius 3 is 2.50 bits per heavy atom. The minimum Gasteiger partial charge on any atom is -0.394 e. The van der Waals surface area contributed by atoms with Crippen molar-refractivity contribution in [3.8, 4) is 0 Å². The summed E-state index contributed by atoms with van der Waals surface area (Å²) in [7, 11) is 0. The van der Waals surface area contributed by atoms with Crippen LogP contribution in [0.3, 0.4) is 0 Å². The van der Waals surface area contributed by atoms with Gasteiger partial charge < -0.3 is 20.6 Å². The van der Waals surface area contributed by atoms with Gasteiger partial charge in [-0.2, -0.15) is 0 Å². The number of carbonyl (C=O) groups is 1. The van der Waals surface area contributed by atoms with Crippen molar-refractivity contribution >= 4 is 5.91 Å². The number of hydrogen-bond acceptors (Lipinski definition) is 4. The van der Waals surface area contributed by atoms with Gasteiger partial charge in [-0.1, -0.05) is 0 Å². The van der Waals surface area contributed by atoms with Crippen molar-refractivity contribution in [3.63, 3.8) is 0 Å². The highest BCUT2D eigenvalue weighted by atomic mass is 16.3. The largest absolute Gasteiger partial charge is 0.394 e. The van der Waals surface area contributed by atoms with Gasteiger partial charge in [-0.25, -0.2) is 0 Å². The Morgan fingerprint density at radius 1 is 1.50 bits per heavy atom. The van der Waals surface area contributed by atoms with Gasteiger partial charge in [0.05, 0.1) is 12.7 Å². The molecule has 0 rings (SSSR count). The van der Waals surface area contributed by atoms with E-state index >= 15 is 0 Å². The van der Waals surface area contributed by atoms with Crippen LogP contribution in [-0.4, -0.2) is 47.1 Å². The molecule has 5 heteroatoms. The lowest BCUT2D eigenvalue weighted by molar-refractivity contribution is -0.124. The summed E-state index contributed by atoms with van der Waals surface area (Å²) in [6.45, 7) is -1.03. The van der Waals surface area contributed by atoms with Crippen LogP contribution in [0.2, 0.25) is 0 Å². The third-order valence-corrected chi connectivity index (χ3v) is 0.889. The van der Waals surface area contributed by atoms with Gasteiger partial charge >= 0.3 is 0 Å². The average Bonchev–Trinajstić information content (AvgIpc) is 1.99. The number of aliphatic hydroxyl groups excluding tert-OH is 3. The summed E-state index contributed by atoms with van der Waals surface area (Å²) in [4.78, 5) is 10.3. The van der Waals surface area contributed by atoms with E-state index < -0.39 is 25.2 Å². The van der Waals surface area contributed by atoms with Gasteiger partial charge in [0.2, 0.25) is 5.91 Å². The Morgan fingerprint density at radius 2 is 2.10 bits per heavy atom. The fourth-order valence-electron chi connectivity index (χ4n) is 0.352. The quantitative estimate of drug-likeness (QED) is 0.354. The molecular weight excluding hydrogens is 138 g/mol.